The molecule has 0 aliphatic heterocycles. The Kier molecular flexibility index (Phi) is 4.40. The molecule has 0 aromatic carbocycles. The summed E-state index contributed by atoms with van der Waals surface area (Å²) < 4.78 is 5.50. The molecule has 0 amide bonds. The molecule has 7 atom stereocenters. The summed E-state index contributed by atoms with van der Waals surface area (Å²) in [5.41, 5.74) is 0.643. The first kappa shape index (κ1) is 18.9. The summed E-state index contributed by atoms with van der Waals surface area (Å²) in [6.07, 6.45) is 8.46. The number of ether oxygens (including phenoxy) is 1. The molecule has 4 heteroatoms. The molecule has 27 heavy (non-hydrogen) atoms. The van der Waals surface area contributed by atoms with Crippen molar-refractivity contribution in [3.05, 3.63) is 11.6 Å². The van der Waals surface area contributed by atoms with Crippen LogP contribution in [0.15, 0.2) is 11.6 Å². The summed E-state index contributed by atoms with van der Waals surface area (Å²) in [5, 5.41) is 0. The molecule has 0 bridgehead atoms. The van der Waals surface area contributed by atoms with E-state index in [1.54, 1.807) is 6.92 Å². The number of Topliss-reactive ketones (excluding diaryl/α,β-unsaturated/α-hetero) is 2. The van der Waals surface area contributed by atoms with E-state index in [4.69, 9.17) is 4.74 Å². The van der Waals surface area contributed by atoms with Crippen molar-refractivity contribution in [3.63, 3.8) is 0 Å². The lowest BCUT2D eigenvalue weighted by molar-refractivity contribution is -0.166. The maximum atomic E-state index is 13.4. The highest BCUT2D eigenvalue weighted by atomic mass is 16.5. The summed E-state index contributed by atoms with van der Waals surface area (Å²) in [6, 6.07) is 0. The van der Waals surface area contributed by atoms with Gasteiger partial charge in [0, 0.05) is 24.7 Å². The fraction of sp³-hybridized carbons (Fsp3) is 0.783. The molecule has 0 saturated heterocycles. The van der Waals surface area contributed by atoms with E-state index in [-0.39, 0.29) is 34.6 Å². The fourth-order valence-electron chi connectivity index (χ4n) is 7.50. The molecule has 0 heterocycles. The average Bonchev–Trinajstić information content (AvgIpc) is 2.91. The van der Waals surface area contributed by atoms with Crippen molar-refractivity contribution in [2.24, 2.45) is 34.5 Å². The van der Waals surface area contributed by atoms with Crippen molar-refractivity contribution in [1.29, 1.82) is 0 Å². The van der Waals surface area contributed by atoms with E-state index >= 15 is 0 Å². The van der Waals surface area contributed by atoms with Gasteiger partial charge < -0.3 is 4.74 Å². The minimum atomic E-state index is -0.262. The smallest absolute Gasteiger partial charge is 0.302 e. The molecule has 4 aliphatic rings. The van der Waals surface area contributed by atoms with Gasteiger partial charge in [0.25, 0.3) is 0 Å². The van der Waals surface area contributed by atoms with Crippen molar-refractivity contribution in [2.75, 3.05) is 0 Å². The van der Waals surface area contributed by atoms with Crippen LogP contribution < -0.4 is 0 Å². The zero-order chi connectivity index (χ0) is 19.6. The highest BCUT2D eigenvalue weighted by molar-refractivity contribution is 5.97. The SMILES string of the molecule is CC(=O)O[C@H]1CC[C@@]2(C)[C@@H](CC[C@@H]3[C@@H]2C(=O)C[C@]2(C)C(C(C)=O)=CC[C@@H]32)C1. The van der Waals surface area contributed by atoms with Crippen LogP contribution in [0.5, 0.6) is 0 Å². The third kappa shape index (κ3) is 2.74. The van der Waals surface area contributed by atoms with Crippen LogP contribution in [0.2, 0.25) is 0 Å². The summed E-state index contributed by atoms with van der Waals surface area (Å²) >= 11 is 0. The number of carbonyl (C=O) groups excluding carboxylic acids is 3. The van der Waals surface area contributed by atoms with Crippen LogP contribution in [0.4, 0.5) is 0 Å². The number of allylic oxidation sites excluding steroid dienone is 2. The van der Waals surface area contributed by atoms with Crippen molar-refractivity contribution >= 4 is 17.5 Å². The van der Waals surface area contributed by atoms with Gasteiger partial charge in [-0.15, -0.1) is 0 Å². The van der Waals surface area contributed by atoms with Gasteiger partial charge in [0.2, 0.25) is 0 Å². The molecule has 148 valence electrons. The number of carbonyl (C=O) groups is 3. The molecule has 0 aromatic heterocycles. The van der Waals surface area contributed by atoms with Crippen LogP contribution in [0, 0.1) is 34.5 Å². The lowest BCUT2D eigenvalue weighted by Gasteiger charge is -2.59. The summed E-state index contributed by atoms with van der Waals surface area (Å²) in [4.78, 5) is 37.0. The maximum Gasteiger partial charge on any atom is 0.302 e. The second-order valence-corrected chi connectivity index (χ2v) is 10.0. The number of esters is 1. The van der Waals surface area contributed by atoms with E-state index in [0.29, 0.717) is 30.0 Å². The number of fused-ring (bicyclic) bond motifs is 5. The van der Waals surface area contributed by atoms with Gasteiger partial charge in [-0.2, -0.15) is 0 Å². The Morgan fingerprint density at radius 1 is 1.15 bits per heavy atom. The van der Waals surface area contributed by atoms with Gasteiger partial charge in [0.05, 0.1) is 0 Å². The molecule has 4 rings (SSSR count). The highest BCUT2D eigenvalue weighted by Gasteiger charge is 2.62. The van der Waals surface area contributed by atoms with E-state index in [0.717, 1.165) is 44.1 Å². The molecule has 3 fully saturated rings. The molecule has 0 radical (unpaired) electrons. The lowest BCUT2D eigenvalue weighted by Crippen LogP contribution is -2.57. The molecule has 0 N–H and O–H groups in total. The minimum Gasteiger partial charge on any atom is -0.463 e. The monoisotopic (exact) mass is 372 g/mol. The van der Waals surface area contributed by atoms with Gasteiger partial charge in [0.1, 0.15) is 11.9 Å². The van der Waals surface area contributed by atoms with E-state index in [1.807, 2.05) is 0 Å². The quantitative estimate of drug-likeness (QED) is 0.679. The van der Waals surface area contributed by atoms with Gasteiger partial charge in [0.15, 0.2) is 5.78 Å². The molecular weight excluding hydrogens is 340 g/mol. The standard InChI is InChI=1S/C23H32O4/c1-13(24)18-7-8-19-17-6-5-15-11-16(27-14(2)25)9-10-22(15,3)21(17)20(26)12-23(18,19)4/h7,15-17,19,21H,5-6,8-12H2,1-4H3/t15-,16-,17-,19-,21+,22-,23+/m0/s1. The number of hydrogen-bond acceptors (Lipinski definition) is 4. The van der Waals surface area contributed by atoms with Crippen LogP contribution in [-0.4, -0.2) is 23.6 Å². The molecule has 0 spiro atoms. The zero-order valence-corrected chi connectivity index (χ0v) is 17.0. The summed E-state index contributed by atoms with van der Waals surface area (Å²) in [5.74, 6) is 1.66. The Morgan fingerprint density at radius 2 is 1.89 bits per heavy atom. The zero-order valence-electron chi connectivity index (χ0n) is 17.0. The van der Waals surface area contributed by atoms with E-state index in [1.165, 1.54) is 6.92 Å². The first-order valence-electron chi connectivity index (χ1n) is 10.6. The second kappa shape index (κ2) is 6.28. The molecular formula is C23H32O4. The van der Waals surface area contributed by atoms with Crippen molar-refractivity contribution in [1.82, 2.24) is 0 Å². The van der Waals surface area contributed by atoms with Crippen molar-refractivity contribution in [3.8, 4) is 0 Å². The Hall–Kier alpha value is -1.45. The van der Waals surface area contributed by atoms with Gasteiger partial charge in [-0.05, 0) is 74.2 Å². The maximum absolute atomic E-state index is 13.4. The van der Waals surface area contributed by atoms with Crippen LogP contribution in [0.25, 0.3) is 0 Å². The Bertz CT molecular complexity index is 722. The molecule has 4 aliphatic carbocycles. The largest absolute Gasteiger partial charge is 0.463 e. The predicted octanol–water partition coefficient (Wildman–Crippen LogP) is 4.27. The predicted molar refractivity (Wildman–Crippen MR) is 102 cm³/mol. The lowest BCUT2D eigenvalue weighted by atomic mass is 9.44. The third-order valence-electron chi connectivity index (χ3n) is 8.60. The van der Waals surface area contributed by atoms with Crippen molar-refractivity contribution < 1.29 is 19.1 Å². The highest BCUT2D eigenvalue weighted by Crippen LogP contribution is 2.65. The van der Waals surface area contributed by atoms with Crippen LogP contribution >= 0.6 is 0 Å². The number of ketones is 2. The Morgan fingerprint density at radius 3 is 2.56 bits per heavy atom. The van der Waals surface area contributed by atoms with E-state index < -0.39 is 0 Å². The molecule has 0 unspecified atom stereocenters. The summed E-state index contributed by atoms with van der Waals surface area (Å²) in [6.45, 7) is 7.59. The molecule has 0 aromatic rings. The van der Waals surface area contributed by atoms with Gasteiger partial charge in [-0.25, -0.2) is 0 Å². The normalized spacial score (nSPS) is 46.0. The minimum absolute atomic E-state index is 0.0109. The molecule has 4 nitrogen and oxygen atoms in total. The van der Waals surface area contributed by atoms with Gasteiger partial charge in [-0.3, -0.25) is 14.4 Å². The molecule has 3 saturated carbocycles. The first-order chi connectivity index (χ1) is 12.7. The van der Waals surface area contributed by atoms with Crippen LogP contribution in [0.1, 0.15) is 72.6 Å². The summed E-state index contributed by atoms with van der Waals surface area (Å²) in [7, 11) is 0. The van der Waals surface area contributed by atoms with E-state index in [9.17, 15) is 14.4 Å². The van der Waals surface area contributed by atoms with Crippen LogP contribution in [0.3, 0.4) is 0 Å². The van der Waals surface area contributed by atoms with Crippen molar-refractivity contribution in [2.45, 2.75) is 78.7 Å². The first-order valence-corrected chi connectivity index (χ1v) is 10.6. The number of hydrogen-bond donors (Lipinski definition) is 0. The second-order valence-electron chi connectivity index (χ2n) is 10.0. The van der Waals surface area contributed by atoms with E-state index in [2.05, 4.69) is 19.9 Å². The van der Waals surface area contributed by atoms with Gasteiger partial charge in [-0.1, -0.05) is 19.9 Å². The fourth-order valence-corrected chi connectivity index (χ4v) is 7.50. The third-order valence-corrected chi connectivity index (χ3v) is 8.60. The average molecular weight is 373 g/mol. The Balaban J connectivity index is 1.60. The Labute approximate surface area is 162 Å². The number of rotatable bonds is 2. The topological polar surface area (TPSA) is 60.4 Å². The van der Waals surface area contributed by atoms with Crippen LogP contribution in [-0.2, 0) is 19.1 Å². The van der Waals surface area contributed by atoms with Gasteiger partial charge >= 0.3 is 5.97 Å².